The summed E-state index contributed by atoms with van der Waals surface area (Å²) in [7, 11) is 0. The Balaban J connectivity index is 1.94. The normalized spacial score (nSPS) is 11.9. The van der Waals surface area contributed by atoms with E-state index in [-0.39, 0.29) is 18.7 Å². The molecule has 3 rings (SSSR count). The molecule has 1 N–H and O–H groups in total. The number of imidazole rings is 1. The summed E-state index contributed by atoms with van der Waals surface area (Å²) in [4.78, 5) is 4.29. The van der Waals surface area contributed by atoms with E-state index in [9.17, 15) is 13.2 Å². The highest BCUT2D eigenvalue weighted by Crippen LogP contribution is 2.32. The van der Waals surface area contributed by atoms with Crippen LogP contribution in [0.2, 0.25) is 10.0 Å². The first kappa shape index (κ1) is 19.8. The highest BCUT2D eigenvalue weighted by Gasteiger charge is 2.31. The Morgan fingerprint density at radius 1 is 1.11 bits per heavy atom. The first-order valence-corrected chi connectivity index (χ1v) is 8.80. The molecular weight excluding hydrogens is 404 g/mol. The van der Waals surface area contributed by atoms with Crippen molar-refractivity contribution in [3.8, 4) is 5.75 Å². The molecule has 2 aromatic carbocycles. The Morgan fingerprint density at radius 3 is 2.56 bits per heavy atom. The number of hydrogen-bond donors (Lipinski definition) is 1. The Morgan fingerprint density at radius 2 is 1.89 bits per heavy atom. The maximum Gasteiger partial charge on any atom is 0.416 e. The van der Waals surface area contributed by atoms with Crippen LogP contribution in [0.1, 0.15) is 17.8 Å². The molecule has 0 radical (unpaired) electrons. The lowest BCUT2D eigenvalue weighted by atomic mass is 10.2. The number of rotatable bonds is 6. The molecule has 0 saturated heterocycles. The van der Waals surface area contributed by atoms with Gasteiger partial charge in [0, 0.05) is 18.2 Å². The van der Waals surface area contributed by atoms with E-state index < -0.39 is 11.7 Å². The molecule has 0 amide bonds. The van der Waals surface area contributed by atoms with Gasteiger partial charge in [-0.15, -0.1) is 0 Å². The summed E-state index contributed by atoms with van der Waals surface area (Å²) in [6, 6.07) is 8.15. The molecule has 0 aliphatic rings. The van der Waals surface area contributed by atoms with Gasteiger partial charge in [0.1, 0.15) is 18.2 Å². The highest BCUT2D eigenvalue weighted by atomic mass is 35.5. The lowest BCUT2D eigenvalue weighted by Gasteiger charge is -2.11. The van der Waals surface area contributed by atoms with Crippen molar-refractivity contribution in [2.24, 2.45) is 0 Å². The summed E-state index contributed by atoms with van der Waals surface area (Å²) in [6.45, 7) is 0.345. The van der Waals surface area contributed by atoms with E-state index in [0.717, 1.165) is 12.1 Å². The molecule has 1 aromatic heterocycles. The van der Waals surface area contributed by atoms with E-state index in [1.165, 1.54) is 12.1 Å². The van der Waals surface area contributed by atoms with Gasteiger partial charge in [-0.25, -0.2) is 4.98 Å². The molecule has 0 atom stereocenters. The van der Waals surface area contributed by atoms with E-state index in [2.05, 4.69) is 4.98 Å². The van der Waals surface area contributed by atoms with Crippen LogP contribution < -0.4 is 4.74 Å². The van der Waals surface area contributed by atoms with E-state index in [0.29, 0.717) is 40.1 Å². The molecule has 4 nitrogen and oxygen atoms in total. The summed E-state index contributed by atoms with van der Waals surface area (Å²) in [5.74, 6) is 0.821. The molecule has 0 saturated carbocycles. The Hall–Kier alpha value is -1.96. The first-order chi connectivity index (χ1) is 12.8. The van der Waals surface area contributed by atoms with Gasteiger partial charge in [-0.2, -0.15) is 13.2 Å². The SMILES string of the molecule is OCCCn1c(COc2ccc(Cl)cc2Cl)nc2cc(C(F)(F)F)ccc21. The molecule has 144 valence electrons. The molecular formula is C18H15Cl2F3N2O2. The van der Waals surface area contributed by atoms with Crippen molar-refractivity contribution in [1.29, 1.82) is 0 Å². The molecule has 0 bridgehead atoms. The van der Waals surface area contributed by atoms with Crippen molar-refractivity contribution in [3.63, 3.8) is 0 Å². The highest BCUT2D eigenvalue weighted by molar-refractivity contribution is 6.35. The minimum atomic E-state index is -4.45. The molecule has 1 heterocycles. The van der Waals surface area contributed by atoms with E-state index in [1.54, 1.807) is 16.7 Å². The van der Waals surface area contributed by atoms with Crippen molar-refractivity contribution >= 4 is 34.2 Å². The number of halogens is 5. The number of nitrogens with zero attached hydrogens (tertiary/aromatic N) is 2. The van der Waals surface area contributed by atoms with Crippen LogP contribution in [0, 0.1) is 0 Å². The summed E-state index contributed by atoms with van der Waals surface area (Å²) in [5.41, 5.74) is -0.0177. The van der Waals surface area contributed by atoms with Crippen molar-refractivity contribution in [1.82, 2.24) is 9.55 Å². The number of benzene rings is 2. The molecule has 0 fully saturated rings. The molecule has 9 heteroatoms. The van der Waals surface area contributed by atoms with E-state index in [1.807, 2.05) is 0 Å². The van der Waals surface area contributed by atoms with Crippen LogP contribution in [0.5, 0.6) is 5.75 Å². The average Bonchev–Trinajstić information content (AvgIpc) is 2.95. The van der Waals surface area contributed by atoms with Gasteiger partial charge < -0.3 is 14.4 Å². The number of fused-ring (bicyclic) bond motifs is 1. The fourth-order valence-electron chi connectivity index (χ4n) is 2.68. The monoisotopic (exact) mass is 418 g/mol. The lowest BCUT2D eigenvalue weighted by Crippen LogP contribution is -2.09. The number of ether oxygens (including phenoxy) is 1. The van der Waals surface area contributed by atoms with Gasteiger partial charge in [-0.05, 0) is 42.8 Å². The maximum absolute atomic E-state index is 13.0. The Bertz CT molecular complexity index is 958. The van der Waals surface area contributed by atoms with Crippen LogP contribution in [0.4, 0.5) is 13.2 Å². The number of aryl methyl sites for hydroxylation is 1. The second-order valence-corrected chi connectivity index (χ2v) is 6.67. The van der Waals surface area contributed by atoms with Crippen LogP contribution in [0.3, 0.4) is 0 Å². The zero-order chi connectivity index (χ0) is 19.6. The van der Waals surface area contributed by atoms with Gasteiger partial charge >= 0.3 is 6.18 Å². The standard InChI is InChI=1S/C18H15Cl2F3N2O2/c19-12-3-5-16(13(20)9-12)27-10-17-24-14-8-11(18(21,22)23)2-4-15(14)25(17)6-1-7-26/h2-5,8-9,26H,1,6-7,10H2. The third kappa shape index (κ3) is 4.48. The Labute approximate surface area is 163 Å². The fourth-order valence-corrected chi connectivity index (χ4v) is 3.14. The smallest absolute Gasteiger partial charge is 0.416 e. The fraction of sp³-hybridized carbons (Fsp3) is 0.278. The average molecular weight is 419 g/mol. The number of hydrogen-bond acceptors (Lipinski definition) is 3. The quantitative estimate of drug-likeness (QED) is 0.588. The molecule has 27 heavy (non-hydrogen) atoms. The zero-order valence-corrected chi connectivity index (χ0v) is 15.4. The summed E-state index contributed by atoms with van der Waals surface area (Å²) < 4.78 is 46.3. The van der Waals surface area contributed by atoms with Crippen LogP contribution in [-0.2, 0) is 19.3 Å². The summed E-state index contributed by atoms with van der Waals surface area (Å²) in [6.07, 6.45) is -4.02. The Kier molecular flexibility index (Phi) is 5.83. The van der Waals surface area contributed by atoms with Crippen LogP contribution in [0.25, 0.3) is 11.0 Å². The maximum atomic E-state index is 13.0. The van der Waals surface area contributed by atoms with Gasteiger partial charge in [0.25, 0.3) is 0 Å². The minimum absolute atomic E-state index is 0.00279. The topological polar surface area (TPSA) is 47.3 Å². The van der Waals surface area contributed by atoms with Crippen LogP contribution in [0.15, 0.2) is 36.4 Å². The van der Waals surface area contributed by atoms with E-state index >= 15 is 0 Å². The van der Waals surface area contributed by atoms with Gasteiger partial charge in [-0.3, -0.25) is 0 Å². The summed E-state index contributed by atoms with van der Waals surface area (Å²) >= 11 is 11.9. The zero-order valence-electron chi connectivity index (χ0n) is 13.9. The molecule has 3 aromatic rings. The molecule has 0 unspecified atom stereocenters. The minimum Gasteiger partial charge on any atom is -0.484 e. The second-order valence-electron chi connectivity index (χ2n) is 5.82. The predicted octanol–water partition coefficient (Wildman–Crippen LogP) is 5.32. The first-order valence-electron chi connectivity index (χ1n) is 8.04. The van der Waals surface area contributed by atoms with Crippen molar-refractivity contribution in [2.75, 3.05) is 6.61 Å². The van der Waals surface area contributed by atoms with Crippen LogP contribution in [-0.4, -0.2) is 21.3 Å². The lowest BCUT2D eigenvalue weighted by molar-refractivity contribution is -0.137. The number of alkyl halides is 3. The predicted molar refractivity (Wildman–Crippen MR) is 97.2 cm³/mol. The second kappa shape index (κ2) is 7.96. The van der Waals surface area contributed by atoms with Gasteiger partial charge in [-0.1, -0.05) is 23.2 Å². The molecule has 0 spiro atoms. The third-order valence-corrected chi connectivity index (χ3v) is 4.48. The van der Waals surface area contributed by atoms with Crippen molar-refractivity contribution < 1.29 is 23.0 Å². The number of aromatic nitrogens is 2. The molecule has 0 aliphatic carbocycles. The van der Waals surface area contributed by atoms with Crippen LogP contribution >= 0.6 is 23.2 Å². The van der Waals surface area contributed by atoms with Gasteiger partial charge in [0.2, 0.25) is 0 Å². The van der Waals surface area contributed by atoms with Gasteiger partial charge in [0.05, 0.1) is 21.6 Å². The van der Waals surface area contributed by atoms with Crippen molar-refractivity contribution in [2.45, 2.75) is 25.7 Å². The molecule has 0 aliphatic heterocycles. The van der Waals surface area contributed by atoms with Gasteiger partial charge in [0.15, 0.2) is 0 Å². The largest absolute Gasteiger partial charge is 0.484 e. The number of aliphatic hydroxyl groups excluding tert-OH is 1. The van der Waals surface area contributed by atoms with E-state index in [4.69, 9.17) is 33.0 Å². The number of aliphatic hydroxyl groups is 1. The summed E-state index contributed by atoms with van der Waals surface area (Å²) in [5, 5.41) is 9.89. The third-order valence-electron chi connectivity index (χ3n) is 3.95. The van der Waals surface area contributed by atoms with Crippen molar-refractivity contribution in [3.05, 3.63) is 57.8 Å².